The molecule has 1 aliphatic carbocycles. The van der Waals surface area contributed by atoms with Gasteiger partial charge in [-0.3, -0.25) is 4.79 Å². The first-order chi connectivity index (χ1) is 8.50. The van der Waals surface area contributed by atoms with Crippen LogP contribution in [0.5, 0.6) is 5.75 Å². The number of para-hydroxylation sites is 1. The number of rotatable bonds is 3. The molecule has 0 heterocycles. The maximum absolute atomic E-state index is 13.4. The number of halogens is 1. The van der Waals surface area contributed by atoms with Gasteiger partial charge in [-0.15, -0.1) is 0 Å². The Morgan fingerprint density at radius 1 is 1.39 bits per heavy atom. The molecule has 1 aliphatic rings. The minimum Gasteiger partial charge on any atom is -0.506 e. The van der Waals surface area contributed by atoms with Gasteiger partial charge in [0.15, 0.2) is 5.82 Å². The van der Waals surface area contributed by atoms with Crippen molar-refractivity contribution in [2.75, 3.05) is 5.32 Å². The van der Waals surface area contributed by atoms with E-state index < -0.39 is 17.3 Å². The molecule has 2 rings (SSSR count). The van der Waals surface area contributed by atoms with Crippen molar-refractivity contribution in [1.29, 1.82) is 0 Å². The summed E-state index contributed by atoms with van der Waals surface area (Å²) in [6, 6.07) is 3.80. The molecular weight excluding hydrogens is 237 g/mol. The maximum atomic E-state index is 13.4. The fourth-order valence-electron chi connectivity index (χ4n) is 2.33. The summed E-state index contributed by atoms with van der Waals surface area (Å²) < 4.78 is 13.4. The Bertz CT molecular complexity index is 435. The lowest BCUT2D eigenvalue weighted by atomic mass is 9.97. The summed E-state index contributed by atoms with van der Waals surface area (Å²) in [5, 5.41) is 21.8. The topological polar surface area (TPSA) is 69.6 Å². The number of hydrogen-bond donors (Lipinski definition) is 3. The molecule has 4 nitrogen and oxygen atoms in total. The Balaban J connectivity index is 2.03. The van der Waals surface area contributed by atoms with E-state index in [1.54, 1.807) is 0 Å². The number of benzene rings is 1. The Morgan fingerprint density at radius 2 is 2.06 bits per heavy atom. The third kappa shape index (κ3) is 2.79. The number of phenolic OH excluding ortho intramolecular Hbond substituents is 1. The van der Waals surface area contributed by atoms with Crippen LogP contribution in [0.1, 0.15) is 32.1 Å². The van der Waals surface area contributed by atoms with Gasteiger partial charge >= 0.3 is 0 Å². The molecule has 1 aromatic carbocycles. The standard InChI is InChI=1S/C13H16FNO3/c14-9-4-3-5-10(16)12(9)15-11(17)8-13(18)6-1-2-7-13/h3-5,16,18H,1-2,6-8H2,(H,15,17). The second kappa shape index (κ2) is 4.94. The third-order valence-electron chi connectivity index (χ3n) is 3.28. The van der Waals surface area contributed by atoms with Crippen LogP contribution in [0.3, 0.4) is 0 Å². The molecule has 1 fully saturated rings. The van der Waals surface area contributed by atoms with E-state index in [1.807, 2.05) is 0 Å². The van der Waals surface area contributed by atoms with E-state index in [0.29, 0.717) is 12.8 Å². The van der Waals surface area contributed by atoms with Gasteiger partial charge in [-0.2, -0.15) is 0 Å². The summed E-state index contributed by atoms with van der Waals surface area (Å²) >= 11 is 0. The minimum atomic E-state index is -0.981. The van der Waals surface area contributed by atoms with E-state index in [1.165, 1.54) is 12.1 Å². The van der Waals surface area contributed by atoms with Crippen molar-refractivity contribution < 1.29 is 19.4 Å². The molecular formula is C13H16FNO3. The van der Waals surface area contributed by atoms with E-state index in [-0.39, 0.29) is 17.9 Å². The number of anilines is 1. The van der Waals surface area contributed by atoms with Crippen molar-refractivity contribution in [2.24, 2.45) is 0 Å². The van der Waals surface area contributed by atoms with Gasteiger partial charge in [-0.1, -0.05) is 18.9 Å². The highest BCUT2D eigenvalue weighted by molar-refractivity contribution is 5.93. The van der Waals surface area contributed by atoms with Gasteiger partial charge in [0.05, 0.1) is 12.0 Å². The normalized spacial score (nSPS) is 17.7. The van der Waals surface area contributed by atoms with Gasteiger partial charge in [0.25, 0.3) is 0 Å². The monoisotopic (exact) mass is 253 g/mol. The first kappa shape index (κ1) is 12.8. The smallest absolute Gasteiger partial charge is 0.227 e. The van der Waals surface area contributed by atoms with E-state index in [4.69, 9.17) is 0 Å². The van der Waals surface area contributed by atoms with Crippen LogP contribution >= 0.6 is 0 Å². The second-order valence-corrected chi connectivity index (χ2v) is 4.79. The molecule has 3 N–H and O–H groups in total. The van der Waals surface area contributed by atoms with E-state index in [9.17, 15) is 19.4 Å². The molecule has 98 valence electrons. The molecule has 1 saturated carbocycles. The van der Waals surface area contributed by atoms with Crippen LogP contribution in [0.25, 0.3) is 0 Å². The van der Waals surface area contributed by atoms with Crippen LogP contribution in [0, 0.1) is 5.82 Å². The van der Waals surface area contributed by atoms with Crippen LogP contribution in [0.15, 0.2) is 18.2 Å². The molecule has 0 unspecified atom stereocenters. The summed E-state index contributed by atoms with van der Waals surface area (Å²) in [7, 11) is 0. The lowest BCUT2D eigenvalue weighted by Gasteiger charge is -2.21. The molecule has 0 atom stereocenters. The second-order valence-electron chi connectivity index (χ2n) is 4.79. The van der Waals surface area contributed by atoms with Gasteiger partial charge in [0, 0.05) is 0 Å². The number of aromatic hydroxyl groups is 1. The molecule has 0 spiro atoms. The zero-order valence-corrected chi connectivity index (χ0v) is 9.95. The number of nitrogens with one attached hydrogen (secondary N) is 1. The Kier molecular flexibility index (Phi) is 3.52. The molecule has 18 heavy (non-hydrogen) atoms. The van der Waals surface area contributed by atoms with E-state index in [2.05, 4.69) is 5.32 Å². The van der Waals surface area contributed by atoms with Gasteiger partial charge in [0.1, 0.15) is 11.4 Å². The SMILES string of the molecule is O=C(CC1(O)CCCC1)Nc1c(O)cccc1F. The predicted octanol–water partition coefficient (Wildman–Crippen LogP) is 2.17. The number of carbonyl (C=O) groups is 1. The lowest BCUT2D eigenvalue weighted by Crippen LogP contribution is -2.30. The Labute approximate surface area is 104 Å². The van der Waals surface area contributed by atoms with Crippen LogP contribution < -0.4 is 5.32 Å². The number of hydrogen-bond acceptors (Lipinski definition) is 3. The van der Waals surface area contributed by atoms with Crippen molar-refractivity contribution in [3.05, 3.63) is 24.0 Å². The fourth-order valence-corrected chi connectivity index (χ4v) is 2.33. The molecule has 0 bridgehead atoms. The number of carbonyl (C=O) groups excluding carboxylic acids is 1. The molecule has 0 radical (unpaired) electrons. The fraction of sp³-hybridized carbons (Fsp3) is 0.462. The largest absolute Gasteiger partial charge is 0.506 e. The van der Waals surface area contributed by atoms with Gasteiger partial charge < -0.3 is 15.5 Å². The number of amides is 1. The first-order valence-corrected chi connectivity index (χ1v) is 6.00. The van der Waals surface area contributed by atoms with E-state index in [0.717, 1.165) is 18.9 Å². The third-order valence-corrected chi connectivity index (χ3v) is 3.28. The average molecular weight is 253 g/mol. The quantitative estimate of drug-likeness (QED) is 0.723. The molecule has 1 amide bonds. The van der Waals surface area contributed by atoms with Crippen molar-refractivity contribution in [2.45, 2.75) is 37.7 Å². The highest BCUT2D eigenvalue weighted by Crippen LogP contribution is 2.33. The van der Waals surface area contributed by atoms with Crippen LogP contribution in [0.2, 0.25) is 0 Å². The van der Waals surface area contributed by atoms with Gasteiger partial charge in [-0.25, -0.2) is 4.39 Å². The summed E-state index contributed by atoms with van der Waals surface area (Å²) in [4.78, 5) is 11.7. The zero-order chi connectivity index (χ0) is 13.2. The van der Waals surface area contributed by atoms with Gasteiger partial charge in [-0.05, 0) is 25.0 Å². The van der Waals surface area contributed by atoms with Crippen molar-refractivity contribution >= 4 is 11.6 Å². The maximum Gasteiger partial charge on any atom is 0.227 e. The summed E-state index contributed by atoms with van der Waals surface area (Å²) in [6.45, 7) is 0. The Hall–Kier alpha value is -1.62. The minimum absolute atomic E-state index is 0.0687. The van der Waals surface area contributed by atoms with E-state index >= 15 is 0 Å². The highest BCUT2D eigenvalue weighted by Gasteiger charge is 2.33. The van der Waals surface area contributed by atoms with Crippen molar-refractivity contribution in [3.8, 4) is 5.75 Å². The number of phenols is 1. The Morgan fingerprint density at radius 3 is 2.67 bits per heavy atom. The molecule has 0 saturated heterocycles. The zero-order valence-electron chi connectivity index (χ0n) is 9.95. The van der Waals surface area contributed by atoms with Crippen molar-refractivity contribution in [1.82, 2.24) is 0 Å². The van der Waals surface area contributed by atoms with Crippen LogP contribution in [-0.2, 0) is 4.79 Å². The molecule has 0 aromatic heterocycles. The van der Waals surface area contributed by atoms with Crippen LogP contribution in [-0.4, -0.2) is 21.7 Å². The molecule has 1 aromatic rings. The van der Waals surface area contributed by atoms with Crippen LogP contribution in [0.4, 0.5) is 10.1 Å². The lowest BCUT2D eigenvalue weighted by molar-refractivity contribution is -0.120. The van der Waals surface area contributed by atoms with Gasteiger partial charge in [0.2, 0.25) is 5.91 Å². The summed E-state index contributed by atoms with van der Waals surface area (Å²) in [6.07, 6.45) is 2.90. The summed E-state index contributed by atoms with van der Waals surface area (Å²) in [5.41, 5.74) is -1.21. The van der Waals surface area contributed by atoms with Crippen molar-refractivity contribution in [3.63, 3.8) is 0 Å². The number of aliphatic hydroxyl groups is 1. The molecule has 5 heteroatoms. The predicted molar refractivity (Wildman–Crippen MR) is 64.7 cm³/mol. The highest BCUT2D eigenvalue weighted by atomic mass is 19.1. The first-order valence-electron chi connectivity index (χ1n) is 6.00. The summed E-state index contributed by atoms with van der Waals surface area (Å²) in [5.74, 6) is -1.50. The average Bonchev–Trinajstić information content (AvgIpc) is 2.70. The molecule has 0 aliphatic heterocycles.